The second kappa shape index (κ2) is 4.67. The van der Waals surface area contributed by atoms with Crippen molar-refractivity contribution >= 4 is 0 Å². The SMILES string of the molecule is CC(F)(F)CC(F)(F)C(F)(F)OC(F)(F)C(C)(F)F. The molecule has 0 fully saturated rings. The Hall–Kier alpha value is -0.740. The number of alkyl halides is 10. The third-order valence-electron chi connectivity index (χ3n) is 1.73. The van der Waals surface area contributed by atoms with E-state index in [1.165, 1.54) is 0 Å². The fraction of sp³-hybridized carbons (Fsp3) is 1.00. The summed E-state index contributed by atoms with van der Waals surface area (Å²) in [4.78, 5) is 0. The third kappa shape index (κ3) is 4.69. The van der Waals surface area contributed by atoms with Crippen LogP contribution in [0.4, 0.5) is 43.9 Å². The zero-order valence-electron chi connectivity index (χ0n) is 9.39. The van der Waals surface area contributed by atoms with Gasteiger partial charge in [-0.15, -0.1) is 0 Å². The number of hydrogen-bond acceptors (Lipinski definition) is 1. The molecule has 0 amide bonds. The molecule has 0 saturated carbocycles. The molecule has 0 bridgehead atoms. The van der Waals surface area contributed by atoms with Gasteiger partial charge in [-0.1, -0.05) is 0 Å². The van der Waals surface area contributed by atoms with Gasteiger partial charge in [0.1, 0.15) is 0 Å². The van der Waals surface area contributed by atoms with Gasteiger partial charge in [0.05, 0.1) is 6.42 Å². The zero-order valence-corrected chi connectivity index (χ0v) is 9.39. The lowest BCUT2D eigenvalue weighted by Gasteiger charge is -2.32. The summed E-state index contributed by atoms with van der Waals surface area (Å²) in [6.07, 6.45) is -15.0. The highest BCUT2D eigenvalue weighted by Gasteiger charge is 2.68. The van der Waals surface area contributed by atoms with Crippen LogP contribution in [-0.4, -0.2) is 30.0 Å². The summed E-state index contributed by atoms with van der Waals surface area (Å²) in [5, 5.41) is 0. The Morgan fingerprint density at radius 3 is 1.32 bits per heavy atom. The van der Waals surface area contributed by atoms with Crippen LogP contribution in [0.3, 0.4) is 0 Å². The Balaban J connectivity index is 5.18. The van der Waals surface area contributed by atoms with Crippen molar-refractivity contribution in [3.8, 4) is 0 Å². The van der Waals surface area contributed by atoms with Gasteiger partial charge in [0.25, 0.3) is 5.92 Å². The fourth-order valence-corrected chi connectivity index (χ4v) is 0.818. The van der Waals surface area contributed by atoms with Gasteiger partial charge in [-0.2, -0.15) is 35.1 Å². The first-order valence-electron chi connectivity index (χ1n) is 4.51. The monoisotopic (exact) mass is 310 g/mol. The molecule has 19 heavy (non-hydrogen) atoms. The summed E-state index contributed by atoms with van der Waals surface area (Å²) in [6, 6.07) is 0. The molecule has 0 unspecified atom stereocenters. The molecule has 1 nitrogen and oxygen atoms in total. The Morgan fingerprint density at radius 2 is 1.05 bits per heavy atom. The Kier molecular flexibility index (Phi) is 4.49. The lowest BCUT2D eigenvalue weighted by molar-refractivity contribution is -0.468. The Morgan fingerprint density at radius 1 is 0.684 bits per heavy atom. The molecule has 0 aliphatic carbocycles. The molecule has 0 spiro atoms. The van der Waals surface area contributed by atoms with Crippen molar-refractivity contribution in [2.24, 2.45) is 0 Å². The van der Waals surface area contributed by atoms with Crippen LogP contribution in [0, 0.1) is 0 Å². The average Bonchev–Trinajstić information content (AvgIpc) is 1.92. The van der Waals surface area contributed by atoms with Gasteiger partial charge in [-0.25, -0.2) is 13.5 Å². The molecule has 0 atom stereocenters. The zero-order chi connectivity index (χ0) is 15.9. The van der Waals surface area contributed by atoms with Crippen LogP contribution >= 0.6 is 0 Å². The van der Waals surface area contributed by atoms with Crippen molar-refractivity contribution < 1.29 is 48.6 Å². The summed E-state index contributed by atoms with van der Waals surface area (Å²) in [5.74, 6) is -15.3. The maximum absolute atomic E-state index is 12.7. The summed E-state index contributed by atoms with van der Waals surface area (Å²) < 4.78 is 126. The lowest BCUT2D eigenvalue weighted by Crippen LogP contribution is -2.53. The van der Waals surface area contributed by atoms with Gasteiger partial charge in [0.2, 0.25) is 0 Å². The van der Waals surface area contributed by atoms with Gasteiger partial charge < -0.3 is 0 Å². The molecule has 0 radical (unpaired) electrons. The van der Waals surface area contributed by atoms with E-state index in [1.807, 2.05) is 0 Å². The smallest absolute Gasteiger partial charge is 0.246 e. The molecular weight excluding hydrogens is 302 g/mol. The molecule has 0 N–H and O–H groups in total. The van der Waals surface area contributed by atoms with Gasteiger partial charge in [0, 0.05) is 6.92 Å². The van der Waals surface area contributed by atoms with Gasteiger partial charge in [-0.3, -0.25) is 0 Å². The Labute approximate surface area is 100 Å². The van der Waals surface area contributed by atoms with Crippen LogP contribution in [0.25, 0.3) is 0 Å². The maximum Gasteiger partial charge on any atom is 0.424 e. The van der Waals surface area contributed by atoms with Crippen molar-refractivity contribution in [3.05, 3.63) is 0 Å². The second-order valence-electron chi connectivity index (χ2n) is 3.98. The van der Waals surface area contributed by atoms with E-state index in [9.17, 15) is 43.9 Å². The average molecular weight is 310 g/mol. The molecule has 0 aromatic rings. The van der Waals surface area contributed by atoms with E-state index in [2.05, 4.69) is 4.74 Å². The van der Waals surface area contributed by atoms with Crippen molar-refractivity contribution in [1.29, 1.82) is 0 Å². The molecule has 0 saturated heterocycles. The molecule has 116 valence electrons. The van der Waals surface area contributed by atoms with Crippen LogP contribution in [0.1, 0.15) is 20.3 Å². The van der Waals surface area contributed by atoms with Crippen LogP contribution in [-0.2, 0) is 4.74 Å². The highest BCUT2D eigenvalue weighted by molar-refractivity contribution is 4.85. The van der Waals surface area contributed by atoms with Crippen molar-refractivity contribution in [2.45, 2.75) is 50.3 Å². The minimum Gasteiger partial charge on any atom is -0.246 e. The lowest BCUT2D eigenvalue weighted by atomic mass is 10.1. The van der Waals surface area contributed by atoms with E-state index in [0.29, 0.717) is 0 Å². The summed E-state index contributed by atoms with van der Waals surface area (Å²) >= 11 is 0. The molecule has 0 aromatic carbocycles. The predicted octanol–water partition coefficient (Wildman–Crippen LogP) is 4.52. The van der Waals surface area contributed by atoms with Crippen molar-refractivity contribution in [1.82, 2.24) is 0 Å². The van der Waals surface area contributed by atoms with Crippen LogP contribution < -0.4 is 0 Å². The van der Waals surface area contributed by atoms with Crippen LogP contribution in [0.15, 0.2) is 0 Å². The number of rotatable bonds is 6. The van der Waals surface area contributed by atoms with Crippen LogP contribution in [0.5, 0.6) is 0 Å². The number of hydrogen-bond donors (Lipinski definition) is 0. The van der Waals surface area contributed by atoms with E-state index in [4.69, 9.17) is 0 Å². The summed E-state index contributed by atoms with van der Waals surface area (Å²) in [7, 11) is 0. The minimum atomic E-state index is -6.20. The molecule has 11 heteroatoms. The largest absolute Gasteiger partial charge is 0.424 e. The van der Waals surface area contributed by atoms with Gasteiger partial charge >= 0.3 is 24.1 Å². The minimum absolute atomic E-state index is 0.177. The number of halogens is 10. The quantitative estimate of drug-likeness (QED) is 0.655. The first-order chi connectivity index (χ1) is 7.91. The van der Waals surface area contributed by atoms with E-state index in [0.717, 1.165) is 0 Å². The summed E-state index contributed by atoms with van der Waals surface area (Å²) in [6.45, 7) is -0.737. The maximum atomic E-state index is 12.7. The Bertz CT molecular complexity index is 312. The van der Waals surface area contributed by atoms with E-state index in [1.54, 1.807) is 0 Å². The first-order valence-corrected chi connectivity index (χ1v) is 4.51. The third-order valence-corrected chi connectivity index (χ3v) is 1.73. The van der Waals surface area contributed by atoms with Gasteiger partial charge in [-0.05, 0) is 6.92 Å². The molecular formula is C8H8F10O. The standard InChI is InChI=1S/C8H8F10O/c1-4(9,10)3-6(13,14)8(17,18)19-7(15,16)5(2,11)12/h3H2,1-2H3. The fourth-order valence-electron chi connectivity index (χ4n) is 0.818. The molecule has 0 heterocycles. The van der Waals surface area contributed by atoms with Crippen molar-refractivity contribution in [3.63, 3.8) is 0 Å². The highest BCUT2D eigenvalue weighted by Crippen LogP contribution is 2.47. The predicted molar refractivity (Wildman–Crippen MR) is 41.8 cm³/mol. The molecule has 0 rings (SSSR count). The molecule has 0 aromatic heterocycles. The van der Waals surface area contributed by atoms with E-state index in [-0.39, 0.29) is 6.92 Å². The van der Waals surface area contributed by atoms with E-state index >= 15 is 0 Å². The highest BCUT2D eigenvalue weighted by atomic mass is 19.3. The molecule has 0 aliphatic heterocycles. The van der Waals surface area contributed by atoms with E-state index < -0.39 is 43.3 Å². The summed E-state index contributed by atoms with van der Waals surface area (Å²) in [5.41, 5.74) is 0. The van der Waals surface area contributed by atoms with Gasteiger partial charge in [0.15, 0.2) is 0 Å². The topological polar surface area (TPSA) is 9.23 Å². The first kappa shape index (κ1) is 18.3. The normalized spacial score (nSPS) is 15.8. The second-order valence-corrected chi connectivity index (χ2v) is 3.98. The number of ether oxygens (including phenoxy) is 1. The van der Waals surface area contributed by atoms with Crippen molar-refractivity contribution in [2.75, 3.05) is 0 Å². The molecule has 0 aliphatic rings. The van der Waals surface area contributed by atoms with Crippen LogP contribution in [0.2, 0.25) is 0 Å².